The Bertz CT molecular complexity index is 552. The quantitative estimate of drug-likeness (QED) is 0.674. The molecule has 0 aliphatic carbocycles. The van der Waals surface area contributed by atoms with Crippen molar-refractivity contribution in [2.75, 3.05) is 19.5 Å². The average Bonchev–Trinajstić information content (AvgIpc) is 2.91. The van der Waals surface area contributed by atoms with Crippen LogP contribution in [0.1, 0.15) is 15.9 Å². The number of anilines is 1. The highest BCUT2D eigenvalue weighted by molar-refractivity contribution is 7.07. The maximum absolute atomic E-state index is 11.6. The number of carbonyl (C=O) groups is 1. The SMILES string of the molecule is COC(=O)c1ccc(N)cc1OCCc1ccsc1. The van der Waals surface area contributed by atoms with Crippen LogP contribution in [0.3, 0.4) is 0 Å². The minimum atomic E-state index is -0.425. The number of nitrogens with two attached hydrogens (primary N) is 1. The van der Waals surface area contributed by atoms with Crippen molar-refractivity contribution in [1.29, 1.82) is 0 Å². The zero-order valence-electron chi connectivity index (χ0n) is 10.6. The summed E-state index contributed by atoms with van der Waals surface area (Å²) in [7, 11) is 1.34. The molecule has 0 spiro atoms. The predicted molar refractivity (Wildman–Crippen MR) is 75.7 cm³/mol. The third-order valence-corrected chi connectivity index (χ3v) is 3.37. The summed E-state index contributed by atoms with van der Waals surface area (Å²) in [6, 6.07) is 6.95. The molecule has 0 fully saturated rings. The van der Waals surface area contributed by atoms with E-state index in [9.17, 15) is 4.79 Å². The Balaban J connectivity index is 2.05. The molecule has 0 bridgehead atoms. The molecule has 0 saturated carbocycles. The van der Waals surface area contributed by atoms with Gasteiger partial charge >= 0.3 is 5.97 Å². The molecule has 5 heteroatoms. The summed E-state index contributed by atoms with van der Waals surface area (Å²) >= 11 is 1.65. The van der Waals surface area contributed by atoms with E-state index in [4.69, 9.17) is 15.2 Å². The summed E-state index contributed by atoms with van der Waals surface area (Å²) in [6.45, 7) is 0.490. The number of hydrogen-bond donors (Lipinski definition) is 1. The molecule has 0 aliphatic rings. The van der Waals surface area contributed by atoms with Gasteiger partial charge in [-0.3, -0.25) is 0 Å². The first kappa shape index (κ1) is 13.4. The second kappa shape index (κ2) is 6.24. The summed E-state index contributed by atoms with van der Waals surface area (Å²) in [5, 5.41) is 4.10. The lowest BCUT2D eigenvalue weighted by Crippen LogP contribution is -2.08. The second-order valence-electron chi connectivity index (χ2n) is 3.98. The number of ether oxygens (including phenoxy) is 2. The zero-order valence-corrected chi connectivity index (χ0v) is 11.4. The lowest BCUT2D eigenvalue weighted by atomic mass is 10.2. The third kappa shape index (κ3) is 3.48. The highest BCUT2D eigenvalue weighted by Crippen LogP contribution is 2.23. The first-order valence-corrected chi connectivity index (χ1v) is 6.76. The molecule has 2 N–H and O–H groups in total. The molecule has 19 heavy (non-hydrogen) atoms. The first-order valence-electron chi connectivity index (χ1n) is 5.82. The first-order chi connectivity index (χ1) is 9.20. The van der Waals surface area contributed by atoms with Crippen molar-refractivity contribution in [3.8, 4) is 5.75 Å². The van der Waals surface area contributed by atoms with Gasteiger partial charge in [-0.1, -0.05) is 0 Å². The van der Waals surface area contributed by atoms with E-state index in [0.29, 0.717) is 23.6 Å². The summed E-state index contributed by atoms with van der Waals surface area (Å²) in [6.07, 6.45) is 0.791. The van der Waals surface area contributed by atoms with Crippen molar-refractivity contribution < 1.29 is 14.3 Å². The van der Waals surface area contributed by atoms with Crippen molar-refractivity contribution in [3.05, 3.63) is 46.2 Å². The molecule has 2 aromatic rings. The van der Waals surface area contributed by atoms with E-state index < -0.39 is 5.97 Å². The number of methoxy groups -OCH3 is 1. The molecule has 1 aromatic carbocycles. The summed E-state index contributed by atoms with van der Waals surface area (Å²) in [5.74, 6) is 0.0348. The van der Waals surface area contributed by atoms with Crippen LogP contribution in [-0.4, -0.2) is 19.7 Å². The number of benzene rings is 1. The largest absolute Gasteiger partial charge is 0.492 e. The smallest absolute Gasteiger partial charge is 0.341 e. The van der Waals surface area contributed by atoms with Crippen LogP contribution in [0, 0.1) is 0 Å². The monoisotopic (exact) mass is 277 g/mol. The highest BCUT2D eigenvalue weighted by Gasteiger charge is 2.13. The van der Waals surface area contributed by atoms with E-state index >= 15 is 0 Å². The number of hydrogen-bond acceptors (Lipinski definition) is 5. The van der Waals surface area contributed by atoms with Crippen molar-refractivity contribution in [1.82, 2.24) is 0 Å². The molecule has 0 amide bonds. The fourth-order valence-electron chi connectivity index (χ4n) is 1.65. The fourth-order valence-corrected chi connectivity index (χ4v) is 2.35. The third-order valence-electron chi connectivity index (χ3n) is 2.64. The lowest BCUT2D eigenvalue weighted by molar-refractivity contribution is 0.0596. The Kier molecular flexibility index (Phi) is 4.41. The molecule has 0 radical (unpaired) electrons. The Morgan fingerprint density at radius 1 is 1.37 bits per heavy atom. The maximum Gasteiger partial charge on any atom is 0.341 e. The molecule has 4 nitrogen and oxygen atoms in total. The molecule has 0 unspecified atom stereocenters. The fraction of sp³-hybridized carbons (Fsp3) is 0.214. The van der Waals surface area contributed by atoms with E-state index in [1.54, 1.807) is 29.5 Å². The number of carbonyl (C=O) groups excluding carboxylic acids is 1. The van der Waals surface area contributed by atoms with Gasteiger partial charge in [0.2, 0.25) is 0 Å². The van der Waals surface area contributed by atoms with E-state index in [-0.39, 0.29) is 0 Å². The van der Waals surface area contributed by atoms with Gasteiger partial charge in [0.15, 0.2) is 0 Å². The van der Waals surface area contributed by atoms with E-state index in [2.05, 4.69) is 11.4 Å². The van der Waals surface area contributed by atoms with E-state index in [1.807, 2.05) is 5.38 Å². The highest BCUT2D eigenvalue weighted by atomic mass is 32.1. The van der Waals surface area contributed by atoms with Gasteiger partial charge in [-0.15, -0.1) is 0 Å². The van der Waals surface area contributed by atoms with Crippen LogP contribution in [-0.2, 0) is 11.2 Å². The Morgan fingerprint density at radius 3 is 2.89 bits per heavy atom. The Labute approximate surface area is 115 Å². The van der Waals surface area contributed by atoms with Crippen molar-refractivity contribution in [3.63, 3.8) is 0 Å². The van der Waals surface area contributed by atoms with Crippen molar-refractivity contribution in [2.45, 2.75) is 6.42 Å². The summed E-state index contributed by atoms with van der Waals surface area (Å²) < 4.78 is 10.3. The van der Waals surface area contributed by atoms with Crippen LogP contribution >= 0.6 is 11.3 Å². The molecule has 1 aromatic heterocycles. The Morgan fingerprint density at radius 2 is 2.21 bits per heavy atom. The number of thiophene rings is 1. The predicted octanol–water partition coefficient (Wildman–Crippen LogP) is 2.74. The normalized spacial score (nSPS) is 10.2. The number of rotatable bonds is 5. The topological polar surface area (TPSA) is 61.5 Å². The molecule has 0 saturated heterocycles. The Hall–Kier alpha value is -2.01. The maximum atomic E-state index is 11.6. The molecular formula is C14H15NO3S. The molecular weight excluding hydrogens is 262 g/mol. The van der Waals surface area contributed by atoms with Gasteiger partial charge < -0.3 is 15.2 Å². The zero-order chi connectivity index (χ0) is 13.7. The molecule has 2 rings (SSSR count). The minimum absolute atomic E-state index is 0.391. The van der Waals surface area contributed by atoms with E-state index in [1.165, 1.54) is 12.7 Å². The van der Waals surface area contributed by atoms with Gasteiger partial charge in [-0.25, -0.2) is 4.79 Å². The van der Waals surface area contributed by atoms with Crippen LogP contribution in [0.2, 0.25) is 0 Å². The van der Waals surface area contributed by atoms with Crippen LogP contribution in [0.4, 0.5) is 5.69 Å². The minimum Gasteiger partial charge on any atom is -0.492 e. The van der Waals surface area contributed by atoms with Gasteiger partial charge in [0.05, 0.1) is 13.7 Å². The molecule has 0 atom stereocenters. The summed E-state index contributed by atoms with van der Waals surface area (Å²) in [5.41, 5.74) is 7.87. The molecule has 100 valence electrons. The van der Waals surface area contributed by atoms with Crippen molar-refractivity contribution in [2.24, 2.45) is 0 Å². The van der Waals surface area contributed by atoms with Crippen LogP contribution < -0.4 is 10.5 Å². The van der Waals surface area contributed by atoms with E-state index in [0.717, 1.165) is 6.42 Å². The van der Waals surface area contributed by atoms with Crippen molar-refractivity contribution >= 4 is 23.0 Å². The van der Waals surface area contributed by atoms with Crippen LogP contribution in [0.5, 0.6) is 5.75 Å². The standard InChI is InChI=1S/C14H15NO3S/c1-17-14(16)12-3-2-11(15)8-13(12)18-6-4-10-5-7-19-9-10/h2-3,5,7-9H,4,6,15H2,1H3. The number of esters is 1. The molecule has 1 heterocycles. The summed E-state index contributed by atoms with van der Waals surface area (Å²) in [4.78, 5) is 11.6. The van der Waals surface area contributed by atoms with Gasteiger partial charge in [-0.2, -0.15) is 11.3 Å². The average molecular weight is 277 g/mol. The van der Waals surface area contributed by atoms with Gasteiger partial charge in [0.1, 0.15) is 11.3 Å². The van der Waals surface area contributed by atoms with Crippen LogP contribution in [0.25, 0.3) is 0 Å². The van der Waals surface area contributed by atoms with Gasteiger partial charge in [-0.05, 0) is 34.5 Å². The molecule has 0 aliphatic heterocycles. The van der Waals surface area contributed by atoms with Gasteiger partial charge in [0, 0.05) is 18.2 Å². The lowest BCUT2D eigenvalue weighted by Gasteiger charge is -2.10. The van der Waals surface area contributed by atoms with Crippen LogP contribution in [0.15, 0.2) is 35.0 Å². The van der Waals surface area contributed by atoms with Gasteiger partial charge in [0.25, 0.3) is 0 Å². The number of nitrogen functional groups attached to an aromatic ring is 1. The second-order valence-corrected chi connectivity index (χ2v) is 4.76.